The number of aromatic amines is 1. The topological polar surface area (TPSA) is 32.9 Å². The van der Waals surface area contributed by atoms with E-state index in [0.717, 1.165) is 10.9 Å². The zero-order chi connectivity index (χ0) is 10.3. The molecule has 0 radical (unpaired) electrons. The van der Waals surface area contributed by atoms with Crippen molar-refractivity contribution in [2.75, 3.05) is 0 Å². The number of aromatic nitrogens is 1. The zero-order valence-corrected chi connectivity index (χ0v) is 8.91. The quantitative estimate of drug-likeness (QED) is 0.738. The van der Waals surface area contributed by atoms with E-state index in [-0.39, 0.29) is 5.56 Å². The van der Waals surface area contributed by atoms with Gasteiger partial charge in [0.1, 0.15) is 0 Å². The second-order valence-corrected chi connectivity index (χ2v) is 3.89. The van der Waals surface area contributed by atoms with Gasteiger partial charge in [0.25, 0.3) is 0 Å². The standard InChI is InChI=1S/C10H7Cl2NO/c1-5-4-8(14)13-10-6(5)2-3-7(11)9(10)12/h2-4H,1H3,(H,13,14). The summed E-state index contributed by atoms with van der Waals surface area (Å²) in [7, 11) is 0. The molecule has 0 atom stereocenters. The average molecular weight is 228 g/mol. The maximum absolute atomic E-state index is 11.2. The minimum Gasteiger partial charge on any atom is -0.321 e. The number of hydrogen-bond acceptors (Lipinski definition) is 1. The summed E-state index contributed by atoms with van der Waals surface area (Å²) in [6.07, 6.45) is 0. The Hall–Kier alpha value is -0.990. The summed E-state index contributed by atoms with van der Waals surface area (Å²) in [5, 5.41) is 1.75. The Balaban J connectivity index is 3.02. The SMILES string of the molecule is Cc1cc(=O)[nH]c2c(Cl)c(Cl)ccc12. The van der Waals surface area contributed by atoms with E-state index in [1.807, 2.05) is 13.0 Å². The number of aryl methyl sites for hydroxylation is 1. The molecule has 4 heteroatoms. The molecule has 1 aromatic heterocycles. The van der Waals surface area contributed by atoms with E-state index in [1.165, 1.54) is 6.07 Å². The minimum atomic E-state index is -0.167. The number of halogens is 2. The third-order valence-corrected chi connectivity index (χ3v) is 2.92. The fourth-order valence-electron chi connectivity index (χ4n) is 1.44. The normalized spacial score (nSPS) is 10.8. The molecular weight excluding hydrogens is 221 g/mol. The predicted octanol–water partition coefficient (Wildman–Crippen LogP) is 3.14. The lowest BCUT2D eigenvalue weighted by Gasteiger charge is -2.04. The maximum Gasteiger partial charge on any atom is 0.248 e. The maximum atomic E-state index is 11.2. The number of nitrogens with one attached hydrogen (secondary N) is 1. The van der Waals surface area contributed by atoms with Gasteiger partial charge in [-0.05, 0) is 18.6 Å². The van der Waals surface area contributed by atoms with Crippen LogP contribution in [0.1, 0.15) is 5.56 Å². The van der Waals surface area contributed by atoms with Gasteiger partial charge < -0.3 is 4.98 Å². The molecule has 0 fully saturated rings. The first-order valence-electron chi connectivity index (χ1n) is 4.07. The largest absolute Gasteiger partial charge is 0.321 e. The number of pyridine rings is 1. The molecule has 0 aliphatic rings. The fraction of sp³-hybridized carbons (Fsp3) is 0.100. The molecule has 1 heterocycles. The highest BCUT2D eigenvalue weighted by Crippen LogP contribution is 2.29. The van der Waals surface area contributed by atoms with E-state index in [4.69, 9.17) is 23.2 Å². The average Bonchev–Trinajstić information content (AvgIpc) is 2.12. The number of fused-ring (bicyclic) bond motifs is 1. The van der Waals surface area contributed by atoms with Crippen LogP contribution < -0.4 is 5.56 Å². The third-order valence-electron chi connectivity index (χ3n) is 2.12. The van der Waals surface area contributed by atoms with Crippen LogP contribution in [-0.2, 0) is 0 Å². The Morgan fingerprint density at radius 2 is 2.00 bits per heavy atom. The second-order valence-electron chi connectivity index (χ2n) is 3.10. The Bertz CT molecular complexity index is 560. The number of benzene rings is 1. The summed E-state index contributed by atoms with van der Waals surface area (Å²) in [5.74, 6) is 0. The van der Waals surface area contributed by atoms with Gasteiger partial charge in [0.2, 0.25) is 5.56 Å². The van der Waals surface area contributed by atoms with Gasteiger partial charge in [0.05, 0.1) is 15.6 Å². The van der Waals surface area contributed by atoms with Crippen LogP contribution in [0.5, 0.6) is 0 Å². The van der Waals surface area contributed by atoms with Crippen molar-refractivity contribution in [3.8, 4) is 0 Å². The van der Waals surface area contributed by atoms with E-state index < -0.39 is 0 Å². The molecule has 0 spiro atoms. The highest BCUT2D eigenvalue weighted by atomic mass is 35.5. The summed E-state index contributed by atoms with van der Waals surface area (Å²) >= 11 is 11.8. The van der Waals surface area contributed by atoms with Crippen LogP contribution in [0, 0.1) is 6.92 Å². The smallest absolute Gasteiger partial charge is 0.248 e. The van der Waals surface area contributed by atoms with Crippen molar-refractivity contribution < 1.29 is 0 Å². The van der Waals surface area contributed by atoms with Gasteiger partial charge in [-0.25, -0.2) is 0 Å². The summed E-state index contributed by atoms with van der Waals surface area (Å²) in [6.45, 7) is 1.86. The van der Waals surface area contributed by atoms with Crippen LogP contribution in [0.2, 0.25) is 10.0 Å². The molecule has 72 valence electrons. The molecule has 0 unspecified atom stereocenters. The van der Waals surface area contributed by atoms with Crippen LogP contribution >= 0.6 is 23.2 Å². The van der Waals surface area contributed by atoms with E-state index in [9.17, 15) is 4.79 Å². The van der Waals surface area contributed by atoms with E-state index in [0.29, 0.717) is 15.6 Å². The lowest BCUT2D eigenvalue weighted by atomic mass is 10.1. The van der Waals surface area contributed by atoms with Crippen LogP contribution in [0.3, 0.4) is 0 Å². The van der Waals surface area contributed by atoms with Gasteiger partial charge in [-0.1, -0.05) is 29.3 Å². The second kappa shape index (κ2) is 3.30. The van der Waals surface area contributed by atoms with Crippen LogP contribution in [0.4, 0.5) is 0 Å². The van der Waals surface area contributed by atoms with Crippen molar-refractivity contribution in [2.24, 2.45) is 0 Å². The van der Waals surface area contributed by atoms with Crippen molar-refractivity contribution in [1.29, 1.82) is 0 Å². The first kappa shape index (κ1) is 9.56. The van der Waals surface area contributed by atoms with Crippen molar-refractivity contribution in [3.63, 3.8) is 0 Å². The number of hydrogen-bond donors (Lipinski definition) is 1. The first-order valence-corrected chi connectivity index (χ1v) is 4.83. The molecule has 0 aliphatic heterocycles. The summed E-state index contributed by atoms with van der Waals surface area (Å²) in [6, 6.07) is 5.10. The van der Waals surface area contributed by atoms with E-state index in [2.05, 4.69) is 4.98 Å². The van der Waals surface area contributed by atoms with E-state index in [1.54, 1.807) is 6.07 Å². The van der Waals surface area contributed by atoms with Crippen molar-refractivity contribution in [2.45, 2.75) is 6.92 Å². The molecule has 1 aromatic carbocycles. The highest BCUT2D eigenvalue weighted by Gasteiger charge is 2.06. The van der Waals surface area contributed by atoms with E-state index >= 15 is 0 Å². The molecule has 1 N–H and O–H groups in total. The molecule has 0 bridgehead atoms. The van der Waals surface area contributed by atoms with Gasteiger partial charge >= 0.3 is 0 Å². The molecule has 2 nitrogen and oxygen atoms in total. The Kier molecular flexibility index (Phi) is 2.25. The Morgan fingerprint density at radius 1 is 1.29 bits per heavy atom. The zero-order valence-electron chi connectivity index (χ0n) is 7.40. The summed E-state index contributed by atoms with van der Waals surface area (Å²) < 4.78 is 0. The van der Waals surface area contributed by atoms with Gasteiger partial charge in [0, 0.05) is 11.5 Å². The first-order chi connectivity index (χ1) is 6.59. The highest BCUT2D eigenvalue weighted by molar-refractivity contribution is 6.45. The lowest BCUT2D eigenvalue weighted by molar-refractivity contribution is 1.28. The number of rotatable bonds is 0. The van der Waals surface area contributed by atoms with Crippen LogP contribution in [-0.4, -0.2) is 4.98 Å². The third kappa shape index (κ3) is 1.41. The molecule has 0 saturated heterocycles. The molecule has 0 aliphatic carbocycles. The predicted molar refractivity (Wildman–Crippen MR) is 59.3 cm³/mol. The molecule has 2 rings (SSSR count). The Morgan fingerprint density at radius 3 is 2.71 bits per heavy atom. The molecule has 2 aromatic rings. The van der Waals surface area contributed by atoms with Gasteiger partial charge in [-0.15, -0.1) is 0 Å². The molecular formula is C10H7Cl2NO. The van der Waals surface area contributed by atoms with Crippen molar-refractivity contribution in [1.82, 2.24) is 4.98 Å². The summed E-state index contributed by atoms with van der Waals surface area (Å²) in [4.78, 5) is 13.9. The van der Waals surface area contributed by atoms with Gasteiger partial charge in [0.15, 0.2) is 0 Å². The minimum absolute atomic E-state index is 0.167. The summed E-state index contributed by atoms with van der Waals surface area (Å²) in [5.41, 5.74) is 1.32. The van der Waals surface area contributed by atoms with Crippen molar-refractivity contribution in [3.05, 3.63) is 44.2 Å². The van der Waals surface area contributed by atoms with Crippen molar-refractivity contribution >= 4 is 34.1 Å². The molecule has 14 heavy (non-hydrogen) atoms. The van der Waals surface area contributed by atoms with Crippen LogP contribution in [0.25, 0.3) is 10.9 Å². The Labute approximate surface area is 90.5 Å². The van der Waals surface area contributed by atoms with Crippen LogP contribution in [0.15, 0.2) is 23.0 Å². The monoisotopic (exact) mass is 227 g/mol. The molecule has 0 amide bonds. The fourth-order valence-corrected chi connectivity index (χ4v) is 1.80. The van der Waals surface area contributed by atoms with Gasteiger partial charge in [-0.2, -0.15) is 0 Å². The number of H-pyrrole nitrogens is 1. The van der Waals surface area contributed by atoms with Gasteiger partial charge in [-0.3, -0.25) is 4.79 Å². The molecule has 0 saturated carbocycles. The lowest BCUT2D eigenvalue weighted by Crippen LogP contribution is -2.05.